The fraction of sp³-hybridized carbons (Fsp3) is 0.111. The summed E-state index contributed by atoms with van der Waals surface area (Å²) in [5, 5.41) is 11.8. The number of aromatic nitrogens is 2. The Morgan fingerprint density at radius 2 is 1.94 bits per heavy atom. The van der Waals surface area contributed by atoms with Crippen molar-refractivity contribution >= 4 is 37.5 Å². The van der Waals surface area contributed by atoms with Crippen molar-refractivity contribution < 1.29 is 21.2 Å². The summed E-state index contributed by atoms with van der Waals surface area (Å²) in [7, 11) is -6.07. The summed E-state index contributed by atoms with van der Waals surface area (Å²) in [5.41, 5.74) is 1.42. The number of hydrogen-bond donors (Lipinski definition) is 4. The zero-order valence-corrected chi connectivity index (χ0v) is 17.8. The summed E-state index contributed by atoms with van der Waals surface area (Å²) in [6.07, 6.45) is 6.14. The highest BCUT2D eigenvalue weighted by Crippen LogP contribution is 2.22. The van der Waals surface area contributed by atoms with E-state index in [9.17, 15) is 21.2 Å². The molecule has 0 unspecified atom stereocenters. The van der Waals surface area contributed by atoms with Gasteiger partial charge in [0.2, 0.25) is 26.0 Å². The minimum Gasteiger partial charge on any atom is -0.338 e. The predicted molar refractivity (Wildman–Crippen MR) is 115 cm³/mol. The first-order valence-corrected chi connectivity index (χ1v) is 11.9. The Labute approximate surface area is 178 Å². The smallest absolute Gasteiger partial charge is 0.238 e. The monoisotopic (exact) mass is 466 g/mol. The normalized spacial score (nSPS) is 15.6. The highest BCUT2D eigenvalue weighted by Gasteiger charge is 2.12. The van der Waals surface area contributed by atoms with Gasteiger partial charge in [0, 0.05) is 16.8 Å². The molecule has 13 heteroatoms. The summed E-state index contributed by atoms with van der Waals surface area (Å²) < 4.78 is 62.5. The molecule has 5 N–H and O–H groups in total. The maximum atomic E-state index is 14.2. The Morgan fingerprint density at radius 1 is 1.16 bits per heavy atom. The van der Waals surface area contributed by atoms with Gasteiger partial charge in [0.1, 0.15) is 0 Å². The minimum absolute atomic E-state index is 0.0246. The zero-order chi connectivity index (χ0) is 22.6. The number of halogens is 1. The van der Waals surface area contributed by atoms with Crippen LogP contribution >= 0.6 is 0 Å². The van der Waals surface area contributed by atoms with Crippen LogP contribution in [0.5, 0.6) is 0 Å². The van der Waals surface area contributed by atoms with E-state index in [1.807, 2.05) is 0 Å². The van der Waals surface area contributed by atoms with Crippen LogP contribution in [-0.4, -0.2) is 33.9 Å². The van der Waals surface area contributed by atoms with Gasteiger partial charge in [0.15, 0.2) is 11.6 Å². The van der Waals surface area contributed by atoms with Gasteiger partial charge in [-0.05, 0) is 43.3 Å². The van der Waals surface area contributed by atoms with E-state index in [4.69, 9.17) is 5.14 Å². The van der Waals surface area contributed by atoms with E-state index in [1.54, 1.807) is 24.3 Å². The predicted octanol–water partition coefficient (Wildman–Crippen LogP) is 1.70. The molecular formula is C18H19FN6O4S2. The average molecular weight is 467 g/mol. The van der Waals surface area contributed by atoms with Crippen LogP contribution in [-0.2, 0) is 20.0 Å². The van der Waals surface area contributed by atoms with E-state index in [0.29, 0.717) is 23.4 Å². The maximum absolute atomic E-state index is 14.2. The molecule has 31 heavy (non-hydrogen) atoms. The standard InChI is InChI=1S/C18H19FN6O4S2/c1-21-30(26,27)11-12-5-7-13(8-6-12)23-17-16(19)10-22-18(25-17)24-14-3-2-4-15(9-14)31(20,28)29/h2-5,7-11,21H,6H2,1H3,(H2,20,28,29)(H2,22,23,24,25). The number of primary sulfonamides is 1. The summed E-state index contributed by atoms with van der Waals surface area (Å²) in [4.78, 5) is 7.81. The number of benzene rings is 1. The Morgan fingerprint density at radius 3 is 2.58 bits per heavy atom. The van der Waals surface area contributed by atoms with Gasteiger partial charge in [0.05, 0.1) is 11.1 Å². The van der Waals surface area contributed by atoms with E-state index < -0.39 is 25.9 Å². The zero-order valence-electron chi connectivity index (χ0n) is 16.2. The van der Waals surface area contributed by atoms with E-state index in [2.05, 4.69) is 25.3 Å². The number of nitrogens with two attached hydrogens (primary N) is 1. The molecule has 1 aromatic carbocycles. The van der Waals surface area contributed by atoms with Gasteiger partial charge in [0.25, 0.3) is 0 Å². The van der Waals surface area contributed by atoms with Gasteiger partial charge in [-0.3, -0.25) is 0 Å². The molecule has 0 aliphatic heterocycles. The van der Waals surface area contributed by atoms with Gasteiger partial charge >= 0.3 is 0 Å². The second-order valence-electron chi connectivity index (χ2n) is 6.35. The number of nitrogens with one attached hydrogen (secondary N) is 3. The van der Waals surface area contributed by atoms with Crippen molar-refractivity contribution in [3.8, 4) is 0 Å². The lowest BCUT2D eigenvalue weighted by Gasteiger charge is -2.13. The third-order valence-corrected chi connectivity index (χ3v) is 6.14. The molecule has 1 aliphatic rings. The molecule has 2 aromatic rings. The second kappa shape index (κ2) is 8.93. The summed E-state index contributed by atoms with van der Waals surface area (Å²) in [5.74, 6) is -0.805. The molecule has 0 fully saturated rings. The van der Waals surface area contributed by atoms with Crippen LogP contribution in [0.25, 0.3) is 0 Å². The first-order chi connectivity index (χ1) is 14.6. The molecule has 0 spiro atoms. The summed E-state index contributed by atoms with van der Waals surface area (Å²) in [6.45, 7) is 0. The lowest BCUT2D eigenvalue weighted by Crippen LogP contribution is -2.16. The Bertz CT molecular complexity index is 1300. The van der Waals surface area contributed by atoms with E-state index >= 15 is 0 Å². The van der Waals surface area contributed by atoms with Crippen LogP contribution in [0.15, 0.2) is 70.3 Å². The number of hydrogen-bond acceptors (Lipinski definition) is 8. The number of nitrogens with zero attached hydrogens (tertiary/aromatic N) is 2. The first-order valence-electron chi connectivity index (χ1n) is 8.77. The lowest BCUT2D eigenvalue weighted by atomic mass is 10.1. The molecule has 0 radical (unpaired) electrons. The van der Waals surface area contributed by atoms with E-state index in [1.165, 1.54) is 25.2 Å². The molecule has 3 rings (SSSR count). The fourth-order valence-corrected chi connectivity index (χ4v) is 3.78. The van der Waals surface area contributed by atoms with Gasteiger partial charge in [-0.1, -0.05) is 18.2 Å². The highest BCUT2D eigenvalue weighted by molar-refractivity contribution is 7.92. The molecule has 0 saturated heterocycles. The van der Waals surface area contributed by atoms with E-state index in [-0.39, 0.29) is 16.7 Å². The van der Waals surface area contributed by atoms with Crippen LogP contribution in [0.3, 0.4) is 0 Å². The lowest BCUT2D eigenvalue weighted by molar-refractivity contribution is 0.595. The van der Waals surface area contributed by atoms with Crippen molar-refractivity contribution in [3.63, 3.8) is 0 Å². The molecule has 0 amide bonds. The third-order valence-electron chi connectivity index (χ3n) is 4.05. The van der Waals surface area contributed by atoms with Gasteiger partial charge < -0.3 is 10.6 Å². The Hall–Kier alpha value is -3.13. The number of sulfonamides is 2. The molecule has 0 saturated carbocycles. The number of allylic oxidation sites excluding steroid dienone is 4. The van der Waals surface area contributed by atoms with Gasteiger partial charge in [-0.2, -0.15) is 4.98 Å². The van der Waals surface area contributed by atoms with E-state index in [0.717, 1.165) is 11.6 Å². The Balaban J connectivity index is 1.76. The molecule has 10 nitrogen and oxygen atoms in total. The van der Waals surface area contributed by atoms with Gasteiger partial charge in [-0.25, -0.2) is 36.1 Å². The van der Waals surface area contributed by atoms with Crippen molar-refractivity contribution in [1.82, 2.24) is 14.7 Å². The van der Waals surface area contributed by atoms with Crippen molar-refractivity contribution in [3.05, 3.63) is 71.2 Å². The van der Waals surface area contributed by atoms with Crippen LogP contribution in [0.1, 0.15) is 6.42 Å². The maximum Gasteiger partial charge on any atom is 0.238 e. The van der Waals surface area contributed by atoms with Crippen LogP contribution in [0.2, 0.25) is 0 Å². The first kappa shape index (κ1) is 22.6. The summed E-state index contributed by atoms with van der Waals surface area (Å²) in [6, 6.07) is 5.70. The molecule has 0 atom stereocenters. The van der Waals surface area contributed by atoms with Crippen molar-refractivity contribution in [1.29, 1.82) is 0 Å². The third kappa shape index (κ3) is 6.18. The van der Waals surface area contributed by atoms with Crippen LogP contribution < -0.4 is 20.5 Å². The molecule has 1 aliphatic carbocycles. The number of rotatable bonds is 7. The largest absolute Gasteiger partial charge is 0.338 e. The molecule has 0 bridgehead atoms. The highest BCUT2D eigenvalue weighted by atomic mass is 32.2. The minimum atomic E-state index is -3.88. The van der Waals surface area contributed by atoms with Crippen LogP contribution in [0.4, 0.5) is 21.8 Å². The van der Waals surface area contributed by atoms with Crippen molar-refractivity contribution in [2.24, 2.45) is 5.14 Å². The van der Waals surface area contributed by atoms with Crippen LogP contribution in [0, 0.1) is 5.82 Å². The molecule has 164 valence electrons. The van der Waals surface area contributed by atoms with Gasteiger partial charge in [-0.15, -0.1) is 0 Å². The van der Waals surface area contributed by atoms with Crippen molar-refractivity contribution in [2.45, 2.75) is 11.3 Å². The molecule has 1 aromatic heterocycles. The fourth-order valence-electron chi connectivity index (χ4n) is 2.53. The Kier molecular flexibility index (Phi) is 6.50. The second-order valence-corrected chi connectivity index (χ2v) is 9.65. The topological polar surface area (TPSA) is 156 Å². The quantitative estimate of drug-likeness (QED) is 0.480. The molecular weight excluding hydrogens is 447 g/mol. The SMILES string of the molecule is CNS(=O)(=O)C=C1C=CC(Nc2nc(Nc3cccc(S(N)(=O)=O)c3)ncc2F)=CC1. The summed E-state index contributed by atoms with van der Waals surface area (Å²) >= 11 is 0. The van der Waals surface area contributed by atoms with Crippen molar-refractivity contribution in [2.75, 3.05) is 17.7 Å². The average Bonchev–Trinajstić information content (AvgIpc) is 2.71. The number of anilines is 3. The molecule has 1 heterocycles.